The van der Waals surface area contributed by atoms with Crippen molar-refractivity contribution in [1.29, 1.82) is 0 Å². The van der Waals surface area contributed by atoms with Crippen LogP contribution in [0.3, 0.4) is 0 Å². The van der Waals surface area contributed by atoms with Crippen molar-refractivity contribution in [3.63, 3.8) is 0 Å². The van der Waals surface area contributed by atoms with Crippen LogP contribution in [-0.4, -0.2) is 22.9 Å². The number of nitrogens with one attached hydrogen (secondary N) is 1. The summed E-state index contributed by atoms with van der Waals surface area (Å²) < 4.78 is 1.93. The van der Waals surface area contributed by atoms with Crippen molar-refractivity contribution in [2.45, 2.75) is 51.9 Å². The molecule has 1 aliphatic rings. The number of aryl methyl sites for hydroxylation is 1. The van der Waals surface area contributed by atoms with Gasteiger partial charge in [0.25, 0.3) is 0 Å². The third-order valence-corrected chi connectivity index (χ3v) is 4.41. The molecule has 0 spiro atoms. The highest BCUT2D eigenvalue weighted by Crippen LogP contribution is 2.31. The average molecular weight is 263 g/mol. The summed E-state index contributed by atoms with van der Waals surface area (Å²) in [6.07, 6.45) is 13.7. The molecule has 3 nitrogen and oxygen atoms in total. The molecule has 2 unspecified atom stereocenters. The lowest BCUT2D eigenvalue weighted by atomic mass is 9.84. The molecular weight excluding hydrogens is 234 g/mol. The molecule has 1 saturated carbocycles. The summed E-state index contributed by atoms with van der Waals surface area (Å²) in [5.41, 5.74) is 1.41. The zero-order chi connectivity index (χ0) is 13.5. The summed E-state index contributed by atoms with van der Waals surface area (Å²) in [6, 6.07) is 0. The highest BCUT2D eigenvalue weighted by atomic mass is 15.2. The first kappa shape index (κ1) is 14.6. The Labute approximate surface area is 117 Å². The molecular formula is C16H29N3. The molecule has 1 N–H and O–H groups in total. The molecule has 0 radical (unpaired) electrons. The predicted molar refractivity (Wildman–Crippen MR) is 80.1 cm³/mol. The second-order valence-corrected chi connectivity index (χ2v) is 6.09. The van der Waals surface area contributed by atoms with Crippen LogP contribution in [0, 0.1) is 11.8 Å². The molecule has 1 aromatic rings. The van der Waals surface area contributed by atoms with Crippen LogP contribution in [-0.2, 0) is 13.5 Å². The zero-order valence-corrected chi connectivity index (χ0v) is 12.6. The second-order valence-electron chi connectivity index (χ2n) is 6.09. The van der Waals surface area contributed by atoms with Gasteiger partial charge in [0.1, 0.15) is 0 Å². The maximum Gasteiger partial charge on any atom is 0.0521 e. The first-order valence-corrected chi connectivity index (χ1v) is 7.98. The van der Waals surface area contributed by atoms with Crippen LogP contribution in [0.2, 0.25) is 0 Å². The van der Waals surface area contributed by atoms with Gasteiger partial charge in [-0.25, -0.2) is 0 Å². The average Bonchev–Trinajstić information content (AvgIpc) is 2.68. The van der Waals surface area contributed by atoms with E-state index in [1.807, 2.05) is 17.9 Å². The quantitative estimate of drug-likeness (QED) is 0.631. The van der Waals surface area contributed by atoms with Crippen LogP contribution in [0.25, 0.3) is 0 Å². The Hall–Kier alpha value is -0.830. The summed E-state index contributed by atoms with van der Waals surface area (Å²) in [5.74, 6) is 1.70. The van der Waals surface area contributed by atoms with Gasteiger partial charge < -0.3 is 5.32 Å². The molecule has 1 aromatic heterocycles. The van der Waals surface area contributed by atoms with Crippen molar-refractivity contribution in [1.82, 2.24) is 15.1 Å². The highest BCUT2D eigenvalue weighted by Gasteiger charge is 2.23. The van der Waals surface area contributed by atoms with E-state index in [4.69, 9.17) is 0 Å². The summed E-state index contributed by atoms with van der Waals surface area (Å²) >= 11 is 0. The van der Waals surface area contributed by atoms with Crippen molar-refractivity contribution < 1.29 is 0 Å². The van der Waals surface area contributed by atoms with Crippen LogP contribution in [0.1, 0.15) is 51.0 Å². The minimum Gasteiger partial charge on any atom is -0.316 e. The minimum atomic E-state index is 0.844. The van der Waals surface area contributed by atoms with Crippen molar-refractivity contribution in [3.05, 3.63) is 18.0 Å². The Morgan fingerprint density at radius 1 is 1.26 bits per heavy atom. The predicted octanol–water partition coefficient (Wildman–Crippen LogP) is 3.16. The van der Waals surface area contributed by atoms with Gasteiger partial charge in [0.05, 0.1) is 6.20 Å². The molecule has 19 heavy (non-hydrogen) atoms. The van der Waals surface area contributed by atoms with Gasteiger partial charge in [-0.3, -0.25) is 4.68 Å². The Bertz CT molecular complexity index is 359. The maximum atomic E-state index is 4.31. The molecule has 1 fully saturated rings. The molecule has 1 aliphatic carbocycles. The lowest BCUT2D eigenvalue weighted by Gasteiger charge is -2.25. The summed E-state index contributed by atoms with van der Waals surface area (Å²) in [6.45, 7) is 4.61. The summed E-state index contributed by atoms with van der Waals surface area (Å²) in [5, 5.41) is 7.94. The number of rotatable bonds is 6. The molecule has 1 heterocycles. The fraction of sp³-hybridized carbons (Fsp3) is 0.812. The van der Waals surface area contributed by atoms with Crippen LogP contribution < -0.4 is 5.32 Å². The van der Waals surface area contributed by atoms with E-state index >= 15 is 0 Å². The number of nitrogens with zero attached hydrogens (tertiary/aromatic N) is 2. The SMILES string of the molecule is CCCNCC1CCCCCC1Cc1cnn(C)c1. The van der Waals surface area contributed by atoms with Gasteiger partial charge in [-0.15, -0.1) is 0 Å². The number of aromatic nitrogens is 2. The second kappa shape index (κ2) is 7.68. The Morgan fingerprint density at radius 3 is 2.74 bits per heavy atom. The lowest BCUT2D eigenvalue weighted by Crippen LogP contribution is -2.29. The van der Waals surface area contributed by atoms with Gasteiger partial charge in [0.15, 0.2) is 0 Å². The Balaban J connectivity index is 1.92. The van der Waals surface area contributed by atoms with E-state index in [1.54, 1.807) is 0 Å². The van der Waals surface area contributed by atoms with Gasteiger partial charge in [0, 0.05) is 13.2 Å². The first-order valence-electron chi connectivity index (χ1n) is 7.98. The topological polar surface area (TPSA) is 29.9 Å². The van der Waals surface area contributed by atoms with Crippen molar-refractivity contribution in [2.24, 2.45) is 18.9 Å². The molecule has 2 rings (SSSR count). The molecule has 0 saturated heterocycles. The molecule has 2 atom stereocenters. The fourth-order valence-electron chi connectivity index (χ4n) is 3.34. The fourth-order valence-corrected chi connectivity index (χ4v) is 3.34. The summed E-state index contributed by atoms with van der Waals surface area (Å²) in [4.78, 5) is 0. The Kier molecular flexibility index (Phi) is 5.90. The van der Waals surface area contributed by atoms with E-state index in [9.17, 15) is 0 Å². The molecule has 3 heteroatoms. The highest BCUT2D eigenvalue weighted by molar-refractivity contribution is 5.05. The largest absolute Gasteiger partial charge is 0.316 e. The van der Waals surface area contributed by atoms with Crippen LogP contribution in [0.15, 0.2) is 12.4 Å². The van der Waals surface area contributed by atoms with Crippen molar-refractivity contribution in [3.8, 4) is 0 Å². The summed E-state index contributed by atoms with van der Waals surface area (Å²) in [7, 11) is 2.01. The number of hydrogen-bond donors (Lipinski definition) is 1. The van der Waals surface area contributed by atoms with Crippen molar-refractivity contribution >= 4 is 0 Å². The van der Waals surface area contributed by atoms with E-state index in [2.05, 4.69) is 23.5 Å². The van der Waals surface area contributed by atoms with Gasteiger partial charge >= 0.3 is 0 Å². The first-order chi connectivity index (χ1) is 9.29. The van der Waals surface area contributed by atoms with Crippen molar-refractivity contribution in [2.75, 3.05) is 13.1 Å². The van der Waals surface area contributed by atoms with E-state index in [0.717, 1.165) is 18.4 Å². The molecule has 0 bridgehead atoms. The molecule has 0 amide bonds. The zero-order valence-electron chi connectivity index (χ0n) is 12.6. The van der Waals surface area contributed by atoms with Crippen LogP contribution >= 0.6 is 0 Å². The van der Waals surface area contributed by atoms with E-state index < -0.39 is 0 Å². The van der Waals surface area contributed by atoms with Crippen LogP contribution in [0.5, 0.6) is 0 Å². The van der Waals surface area contributed by atoms with Gasteiger partial charge in [-0.05, 0) is 56.2 Å². The third-order valence-electron chi connectivity index (χ3n) is 4.41. The van der Waals surface area contributed by atoms with Gasteiger partial charge in [0.2, 0.25) is 0 Å². The van der Waals surface area contributed by atoms with Gasteiger partial charge in [-0.1, -0.05) is 26.2 Å². The van der Waals surface area contributed by atoms with E-state index in [1.165, 1.54) is 57.1 Å². The smallest absolute Gasteiger partial charge is 0.0521 e. The van der Waals surface area contributed by atoms with E-state index in [-0.39, 0.29) is 0 Å². The molecule has 0 aliphatic heterocycles. The third kappa shape index (κ3) is 4.64. The van der Waals surface area contributed by atoms with Crippen LogP contribution in [0.4, 0.5) is 0 Å². The lowest BCUT2D eigenvalue weighted by molar-refractivity contribution is 0.298. The normalized spacial score (nSPS) is 24.3. The van der Waals surface area contributed by atoms with Gasteiger partial charge in [-0.2, -0.15) is 5.10 Å². The maximum absolute atomic E-state index is 4.31. The van der Waals surface area contributed by atoms with E-state index in [0.29, 0.717) is 0 Å². The minimum absolute atomic E-state index is 0.844. The molecule has 108 valence electrons. The molecule has 0 aromatic carbocycles. The standard InChI is InChI=1S/C16H29N3/c1-3-9-17-12-16-8-6-4-5-7-15(16)10-14-11-18-19(2)13-14/h11,13,15-17H,3-10,12H2,1-2H3. The number of hydrogen-bond acceptors (Lipinski definition) is 2. The Morgan fingerprint density at radius 2 is 2.05 bits per heavy atom. The monoisotopic (exact) mass is 263 g/mol.